The Morgan fingerprint density at radius 1 is 1.23 bits per heavy atom. The molecule has 0 aromatic carbocycles. The zero-order valence-electron chi connectivity index (χ0n) is 17.3. The number of hydrogen-bond donors (Lipinski definition) is 1. The van der Waals surface area contributed by atoms with Crippen molar-refractivity contribution in [3.8, 4) is 11.1 Å². The summed E-state index contributed by atoms with van der Waals surface area (Å²) in [4.78, 5) is 13.1. The summed E-state index contributed by atoms with van der Waals surface area (Å²) in [6.45, 7) is 2.08. The quantitative estimate of drug-likeness (QED) is 0.486. The predicted octanol–water partition coefficient (Wildman–Crippen LogP) is 3.55. The van der Waals surface area contributed by atoms with Gasteiger partial charge in [-0.2, -0.15) is 0 Å². The zero-order valence-corrected chi connectivity index (χ0v) is 17.3. The minimum Gasteiger partial charge on any atom is -0.384 e. The fraction of sp³-hybridized carbons (Fsp3) is 0.429. The molecule has 0 amide bonds. The van der Waals surface area contributed by atoms with Gasteiger partial charge in [-0.15, -0.1) is 5.10 Å². The van der Waals surface area contributed by atoms with Crippen molar-refractivity contribution in [2.45, 2.75) is 38.8 Å². The molecule has 4 aromatic rings. The number of rotatable bonds is 7. The normalized spacial score (nSPS) is 18.7. The largest absolute Gasteiger partial charge is 0.384 e. The van der Waals surface area contributed by atoms with Gasteiger partial charge in [0.1, 0.15) is 5.82 Å². The maximum absolute atomic E-state index is 13.0. The van der Waals surface area contributed by atoms with Gasteiger partial charge in [0.05, 0.1) is 23.8 Å². The van der Waals surface area contributed by atoms with E-state index in [0.717, 1.165) is 36.1 Å². The zero-order chi connectivity index (χ0) is 21.5. The number of aromatic nitrogens is 6. The lowest BCUT2D eigenvalue weighted by Gasteiger charge is -2.35. The number of alkyl halides is 2. The third-order valence-corrected chi connectivity index (χ3v) is 5.82. The maximum Gasteiger partial charge on any atom is 0.256 e. The Morgan fingerprint density at radius 3 is 2.84 bits per heavy atom. The van der Waals surface area contributed by atoms with Crippen LogP contribution in [0.5, 0.6) is 0 Å². The Morgan fingerprint density at radius 2 is 2.06 bits per heavy atom. The molecule has 1 aliphatic rings. The van der Waals surface area contributed by atoms with Crippen LogP contribution >= 0.6 is 0 Å². The second-order valence-corrected chi connectivity index (χ2v) is 8.00. The number of aryl methyl sites for hydroxylation is 1. The van der Waals surface area contributed by atoms with Crippen molar-refractivity contribution in [2.75, 3.05) is 19.0 Å². The molecule has 0 radical (unpaired) electrons. The number of methoxy groups -OCH3 is 1. The first kappa shape index (κ1) is 19.8. The van der Waals surface area contributed by atoms with Gasteiger partial charge in [-0.25, -0.2) is 28.2 Å². The highest BCUT2D eigenvalue weighted by atomic mass is 19.3. The number of nitrogens with zero attached hydrogens (tertiary/aromatic N) is 6. The minimum absolute atomic E-state index is 0.359. The molecule has 0 atom stereocenters. The third-order valence-electron chi connectivity index (χ3n) is 5.82. The fourth-order valence-electron chi connectivity index (χ4n) is 4.25. The summed E-state index contributed by atoms with van der Waals surface area (Å²) in [6.07, 6.45) is 4.95. The molecule has 5 rings (SSSR count). The molecule has 1 aliphatic carbocycles. The van der Waals surface area contributed by atoms with Gasteiger partial charge in [-0.1, -0.05) is 0 Å². The molecular formula is C21H23F2N7O. The van der Waals surface area contributed by atoms with E-state index in [-0.39, 0.29) is 0 Å². The van der Waals surface area contributed by atoms with Crippen LogP contribution in [-0.4, -0.2) is 55.3 Å². The van der Waals surface area contributed by atoms with Crippen molar-refractivity contribution < 1.29 is 13.5 Å². The first-order valence-electron chi connectivity index (χ1n) is 10.2. The van der Waals surface area contributed by atoms with Gasteiger partial charge in [0.2, 0.25) is 5.95 Å². The Hall–Kier alpha value is -3.14. The lowest BCUT2D eigenvalue weighted by Crippen LogP contribution is -2.38. The molecule has 0 unspecified atom stereocenters. The molecule has 0 bridgehead atoms. The molecule has 1 fully saturated rings. The van der Waals surface area contributed by atoms with Gasteiger partial charge in [0, 0.05) is 43.3 Å². The number of pyridine rings is 1. The highest BCUT2D eigenvalue weighted by Crippen LogP contribution is 2.31. The van der Waals surface area contributed by atoms with Crippen LogP contribution in [0.4, 0.5) is 14.7 Å². The van der Waals surface area contributed by atoms with E-state index in [1.807, 2.05) is 18.3 Å². The van der Waals surface area contributed by atoms with Crippen LogP contribution in [0.1, 0.15) is 18.7 Å². The van der Waals surface area contributed by atoms with Crippen molar-refractivity contribution in [2.24, 2.45) is 5.92 Å². The van der Waals surface area contributed by atoms with Gasteiger partial charge >= 0.3 is 0 Å². The van der Waals surface area contributed by atoms with E-state index in [4.69, 9.17) is 4.74 Å². The van der Waals surface area contributed by atoms with E-state index in [1.54, 1.807) is 30.9 Å². The summed E-state index contributed by atoms with van der Waals surface area (Å²) in [5.41, 5.74) is 3.54. The van der Waals surface area contributed by atoms with Crippen molar-refractivity contribution in [3.05, 3.63) is 36.5 Å². The molecular weight excluding hydrogens is 404 g/mol. The number of fused-ring (bicyclic) bond motifs is 2. The highest BCUT2D eigenvalue weighted by Gasteiger charge is 2.29. The van der Waals surface area contributed by atoms with E-state index in [9.17, 15) is 8.78 Å². The van der Waals surface area contributed by atoms with E-state index >= 15 is 0 Å². The van der Waals surface area contributed by atoms with E-state index in [1.165, 1.54) is 4.57 Å². The molecule has 162 valence electrons. The first-order chi connectivity index (χ1) is 15.0. The van der Waals surface area contributed by atoms with Gasteiger partial charge in [-0.3, -0.25) is 0 Å². The number of halogens is 2. The SMILES string of the molecule is COCC1CC(Nc2ncc3c(-c4cnc5nc(C)n(CC(F)F)c5c4)ccn3n2)C1. The lowest BCUT2D eigenvalue weighted by molar-refractivity contribution is 0.104. The molecule has 8 nitrogen and oxygen atoms in total. The van der Waals surface area contributed by atoms with Crippen LogP contribution in [-0.2, 0) is 11.3 Å². The van der Waals surface area contributed by atoms with Crippen LogP contribution in [0.25, 0.3) is 27.8 Å². The van der Waals surface area contributed by atoms with Crippen LogP contribution < -0.4 is 5.32 Å². The fourth-order valence-corrected chi connectivity index (χ4v) is 4.25. The molecule has 4 aromatic heterocycles. The molecule has 0 aliphatic heterocycles. The monoisotopic (exact) mass is 427 g/mol. The van der Waals surface area contributed by atoms with Crippen molar-refractivity contribution in [3.63, 3.8) is 0 Å². The Kier molecular flexibility index (Phi) is 5.01. The maximum atomic E-state index is 13.0. The molecule has 1 saturated carbocycles. The number of hydrogen-bond acceptors (Lipinski definition) is 6. The summed E-state index contributed by atoms with van der Waals surface area (Å²) < 4.78 is 34.5. The van der Waals surface area contributed by atoms with Gasteiger partial charge in [0.25, 0.3) is 6.43 Å². The number of anilines is 1. The second kappa shape index (κ2) is 7.84. The van der Waals surface area contributed by atoms with E-state index in [0.29, 0.717) is 34.9 Å². The molecule has 4 heterocycles. The Labute approximate surface area is 177 Å². The molecule has 31 heavy (non-hydrogen) atoms. The minimum atomic E-state index is -2.46. The summed E-state index contributed by atoms with van der Waals surface area (Å²) >= 11 is 0. The van der Waals surface area contributed by atoms with Gasteiger partial charge in [-0.05, 0) is 37.8 Å². The van der Waals surface area contributed by atoms with E-state index in [2.05, 4.69) is 25.4 Å². The van der Waals surface area contributed by atoms with Crippen molar-refractivity contribution >= 4 is 22.6 Å². The lowest BCUT2D eigenvalue weighted by atomic mass is 9.81. The molecule has 1 N–H and O–H groups in total. The van der Waals surface area contributed by atoms with Gasteiger partial charge < -0.3 is 14.6 Å². The standard InChI is InChI=1S/C21H23F2N7O/c1-12-26-20-17(29(12)10-19(22)23)7-14(8-24-20)16-3-4-30-18(16)9-25-21(28-30)27-15-5-13(6-15)11-31-2/h3-4,7-9,13,15,19H,5-6,10-11H2,1-2H3,(H,27,28). The molecule has 0 spiro atoms. The Balaban J connectivity index is 1.42. The van der Waals surface area contributed by atoms with Crippen LogP contribution in [0, 0.1) is 12.8 Å². The average molecular weight is 427 g/mol. The molecule has 0 saturated heterocycles. The summed E-state index contributed by atoms with van der Waals surface area (Å²) in [5.74, 6) is 1.69. The third kappa shape index (κ3) is 3.71. The van der Waals surface area contributed by atoms with E-state index < -0.39 is 13.0 Å². The van der Waals surface area contributed by atoms with Crippen molar-refractivity contribution in [1.82, 2.24) is 29.1 Å². The highest BCUT2D eigenvalue weighted by molar-refractivity contribution is 5.85. The van der Waals surface area contributed by atoms with Crippen molar-refractivity contribution in [1.29, 1.82) is 0 Å². The number of nitrogens with one attached hydrogen (secondary N) is 1. The summed E-state index contributed by atoms with van der Waals surface area (Å²) in [5, 5.41) is 7.93. The average Bonchev–Trinajstić information content (AvgIpc) is 3.26. The van der Waals surface area contributed by atoms with Gasteiger partial charge in [0.15, 0.2) is 5.65 Å². The number of ether oxygens (including phenoxy) is 1. The van der Waals surface area contributed by atoms with Crippen LogP contribution in [0.2, 0.25) is 0 Å². The van der Waals surface area contributed by atoms with Crippen LogP contribution in [0.3, 0.4) is 0 Å². The number of imidazole rings is 1. The smallest absolute Gasteiger partial charge is 0.256 e. The second-order valence-electron chi connectivity index (χ2n) is 8.00. The molecule has 10 heteroatoms. The predicted molar refractivity (Wildman–Crippen MR) is 112 cm³/mol. The first-order valence-corrected chi connectivity index (χ1v) is 10.2. The summed E-state index contributed by atoms with van der Waals surface area (Å²) in [6, 6.07) is 4.13. The topological polar surface area (TPSA) is 82.2 Å². The summed E-state index contributed by atoms with van der Waals surface area (Å²) in [7, 11) is 1.72. The Bertz CT molecular complexity index is 1230. The van der Waals surface area contributed by atoms with Crippen LogP contribution in [0.15, 0.2) is 30.7 Å².